The summed E-state index contributed by atoms with van der Waals surface area (Å²) in [5.41, 5.74) is -0.511. The summed E-state index contributed by atoms with van der Waals surface area (Å²) >= 11 is 1.80. The lowest BCUT2D eigenvalue weighted by molar-refractivity contribution is 0.0493. The predicted octanol–water partition coefficient (Wildman–Crippen LogP) is 4.44. The molecule has 1 atom stereocenters. The first kappa shape index (κ1) is 27.8. The molecular formula is C22H40IN5O2S. The third-order valence-corrected chi connectivity index (χ3v) is 5.88. The summed E-state index contributed by atoms with van der Waals surface area (Å²) in [6.45, 7) is 15.2. The number of hydrogen-bond acceptors (Lipinski definition) is 5. The number of carbonyl (C=O) groups is 1. The molecule has 2 rings (SSSR count). The summed E-state index contributed by atoms with van der Waals surface area (Å²) in [6, 6.07) is 4.61. The van der Waals surface area contributed by atoms with Crippen molar-refractivity contribution < 1.29 is 9.53 Å². The number of carbonyl (C=O) groups excluding carboxylic acids is 1. The highest BCUT2D eigenvalue weighted by molar-refractivity contribution is 14.0. The minimum Gasteiger partial charge on any atom is -0.444 e. The van der Waals surface area contributed by atoms with Gasteiger partial charge in [-0.15, -0.1) is 35.3 Å². The fourth-order valence-corrected chi connectivity index (χ4v) is 4.06. The van der Waals surface area contributed by atoms with Gasteiger partial charge in [0.05, 0.1) is 17.6 Å². The molecule has 1 aliphatic heterocycles. The number of anilines is 1. The van der Waals surface area contributed by atoms with E-state index in [2.05, 4.69) is 59.1 Å². The number of nitrogens with one attached hydrogen (secondary N) is 3. The van der Waals surface area contributed by atoms with E-state index in [1.54, 1.807) is 11.3 Å². The zero-order chi connectivity index (χ0) is 22.1. The molecule has 1 aliphatic rings. The maximum absolute atomic E-state index is 12.2. The van der Waals surface area contributed by atoms with Crippen LogP contribution >= 0.6 is 35.3 Å². The zero-order valence-corrected chi connectivity index (χ0v) is 22.9. The van der Waals surface area contributed by atoms with Crippen molar-refractivity contribution in [2.24, 2.45) is 10.9 Å². The van der Waals surface area contributed by atoms with Gasteiger partial charge in [0, 0.05) is 25.7 Å². The third kappa shape index (κ3) is 10.3. The van der Waals surface area contributed by atoms with Gasteiger partial charge in [-0.3, -0.25) is 4.99 Å². The van der Waals surface area contributed by atoms with E-state index in [0.29, 0.717) is 12.6 Å². The quantitative estimate of drug-likeness (QED) is 0.259. The molecule has 1 amide bonds. The van der Waals surface area contributed by atoms with E-state index in [-0.39, 0.29) is 35.9 Å². The Labute approximate surface area is 208 Å². The van der Waals surface area contributed by atoms with Crippen molar-refractivity contribution >= 4 is 52.4 Å². The van der Waals surface area contributed by atoms with Gasteiger partial charge in [0.1, 0.15) is 5.60 Å². The van der Waals surface area contributed by atoms with Crippen LogP contribution in [-0.2, 0) is 4.74 Å². The first-order valence-electron chi connectivity index (χ1n) is 11.0. The lowest BCUT2D eigenvalue weighted by atomic mass is 10.0. The van der Waals surface area contributed by atoms with Gasteiger partial charge in [0.25, 0.3) is 0 Å². The molecule has 1 unspecified atom stereocenters. The number of thiophene rings is 1. The number of halogens is 1. The molecule has 3 N–H and O–H groups in total. The van der Waals surface area contributed by atoms with Crippen LogP contribution in [0.2, 0.25) is 0 Å². The number of guanidine groups is 1. The van der Waals surface area contributed by atoms with Crippen LogP contribution in [0.1, 0.15) is 54.4 Å². The molecule has 0 aromatic carbocycles. The molecule has 178 valence electrons. The van der Waals surface area contributed by atoms with Crippen LogP contribution < -0.4 is 20.9 Å². The second kappa shape index (κ2) is 13.3. The molecule has 1 aromatic heterocycles. The Hall–Kier alpha value is -1.23. The molecule has 2 heterocycles. The standard InChI is InChI=1S/C22H39N5O2S.HI/c1-7-23-20(24-15-18(16(2)3)26-21(28)29-22(4,5)6)25-17-10-12-27(13-11-17)19-9-8-14-30-19;/h8-9,14,16-18H,7,10-13,15H2,1-6H3,(H,26,28)(H2,23,24,25);1H. The van der Waals surface area contributed by atoms with Gasteiger partial charge in [0.2, 0.25) is 0 Å². The molecule has 1 fully saturated rings. The molecule has 0 spiro atoms. The van der Waals surface area contributed by atoms with Crippen LogP contribution in [0.15, 0.2) is 22.5 Å². The summed E-state index contributed by atoms with van der Waals surface area (Å²) in [6.07, 6.45) is 1.76. The van der Waals surface area contributed by atoms with Gasteiger partial charge in [-0.05, 0) is 64.0 Å². The lowest BCUT2D eigenvalue weighted by Gasteiger charge is -2.33. The maximum atomic E-state index is 12.2. The first-order valence-corrected chi connectivity index (χ1v) is 11.9. The molecule has 9 heteroatoms. The maximum Gasteiger partial charge on any atom is 0.407 e. The number of alkyl carbamates (subject to hydrolysis) is 1. The number of aliphatic imine (C=N–C) groups is 1. The Morgan fingerprint density at radius 1 is 1.32 bits per heavy atom. The van der Waals surface area contributed by atoms with Crippen molar-refractivity contribution in [1.82, 2.24) is 16.0 Å². The predicted molar refractivity (Wildman–Crippen MR) is 142 cm³/mol. The number of rotatable bonds is 7. The Morgan fingerprint density at radius 3 is 2.52 bits per heavy atom. The topological polar surface area (TPSA) is 78.0 Å². The average molecular weight is 566 g/mol. The fourth-order valence-electron chi connectivity index (χ4n) is 3.28. The average Bonchev–Trinajstić information content (AvgIpc) is 3.18. The minimum atomic E-state index is -0.511. The Kier molecular flexibility index (Phi) is 12.0. The van der Waals surface area contributed by atoms with Gasteiger partial charge < -0.3 is 25.6 Å². The molecule has 0 saturated carbocycles. The smallest absolute Gasteiger partial charge is 0.407 e. The zero-order valence-electron chi connectivity index (χ0n) is 19.7. The SMILES string of the molecule is CCNC(=NCC(NC(=O)OC(C)(C)C)C(C)C)NC1CCN(c2cccs2)CC1.I. The minimum absolute atomic E-state index is 0. The molecule has 1 saturated heterocycles. The summed E-state index contributed by atoms with van der Waals surface area (Å²) in [7, 11) is 0. The van der Waals surface area contributed by atoms with Crippen LogP contribution in [0.25, 0.3) is 0 Å². The van der Waals surface area contributed by atoms with Crippen LogP contribution in [-0.4, -0.2) is 55.9 Å². The third-order valence-electron chi connectivity index (χ3n) is 4.95. The van der Waals surface area contributed by atoms with E-state index < -0.39 is 11.7 Å². The number of amides is 1. The summed E-state index contributed by atoms with van der Waals surface area (Å²) in [5.74, 6) is 1.06. The van der Waals surface area contributed by atoms with Gasteiger partial charge in [-0.1, -0.05) is 13.8 Å². The largest absolute Gasteiger partial charge is 0.444 e. The highest BCUT2D eigenvalue weighted by atomic mass is 127. The van der Waals surface area contributed by atoms with Crippen LogP contribution in [0.5, 0.6) is 0 Å². The Morgan fingerprint density at radius 2 is 2.00 bits per heavy atom. The first-order chi connectivity index (χ1) is 14.2. The number of nitrogens with zero attached hydrogens (tertiary/aromatic N) is 2. The molecule has 0 bridgehead atoms. The van der Waals surface area contributed by atoms with Crippen molar-refractivity contribution in [2.75, 3.05) is 31.1 Å². The summed E-state index contributed by atoms with van der Waals surface area (Å²) in [5, 5.41) is 13.4. The van der Waals surface area contributed by atoms with Gasteiger partial charge >= 0.3 is 6.09 Å². The van der Waals surface area contributed by atoms with Crippen LogP contribution in [0.4, 0.5) is 9.80 Å². The highest BCUT2D eigenvalue weighted by Gasteiger charge is 2.23. The molecule has 1 aromatic rings. The lowest BCUT2D eigenvalue weighted by Crippen LogP contribution is -2.49. The normalized spacial score (nSPS) is 16.5. The second-order valence-corrected chi connectivity index (χ2v) is 10.00. The molecule has 7 nitrogen and oxygen atoms in total. The van der Waals surface area contributed by atoms with E-state index in [1.165, 1.54) is 5.00 Å². The van der Waals surface area contributed by atoms with E-state index in [0.717, 1.165) is 38.4 Å². The van der Waals surface area contributed by atoms with Crippen LogP contribution in [0.3, 0.4) is 0 Å². The molecule has 0 aliphatic carbocycles. The van der Waals surface area contributed by atoms with Gasteiger partial charge in [-0.2, -0.15) is 0 Å². The van der Waals surface area contributed by atoms with Crippen molar-refractivity contribution in [3.05, 3.63) is 17.5 Å². The molecular weight excluding hydrogens is 525 g/mol. The second-order valence-electron chi connectivity index (χ2n) is 9.07. The van der Waals surface area contributed by atoms with E-state index in [1.807, 2.05) is 20.8 Å². The number of hydrogen-bond donors (Lipinski definition) is 3. The van der Waals surface area contributed by atoms with Crippen molar-refractivity contribution in [3.63, 3.8) is 0 Å². The monoisotopic (exact) mass is 565 g/mol. The summed E-state index contributed by atoms with van der Waals surface area (Å²) < 4.78 is 5.40. The van der Waals surface area contributed by atoms with Crippen molar-refractivity contribution in [3.8, 4) is 0 Å². The summed E-state index contributed by atoms with van der Waals surface area (Å²) in [4.78, 5) is 19.4. The molecule has 0 radical (unpaired) electrons. The number of ether oxygens (including phenoxy) is 1. The Bertz CT molecular complexity index is 668. The van der Waals surface area contributed by atoms with Gasteiger partial charge in [0.15, 0.2) is 5.96 Å². The van der Waals surface area contributed by atoms with Crippen LogP contribution in [0, 0.1) is 5.92 Å². The van der Waals surface area contributed by atoms with Crippen molar-refractivity contribution in [2.45, 2.75) is 72.1 Å². The van der Waals surface area contributed by atoms with Gasteiger partial charge in [-0.25, -0.2) is 4.79 Å². The highest BCUT2D eigenvalue weighted by Crippen LogP contribution is 2.24. The Balaban J connectivity index is 0.00000480. The van der Waals surface area contributed by atoms with E-state index in [4.69, 9.17) is 9.73 Å². The van der Waals surface area contributed by atoms with E-state index in [9.17, 15) is 4.79 Å². The molecule has 31 heavy (non-hydrogen) atoms. The number of piperidine rings is 1. The van der Waals surface area contributed by atoms with Crippen molar-refractivity contribution in [1.29, 1.82) is 0 Å². The van der Waals surface area contributed by atoms with E-state index >= 15 is 0 Å². The fraction of sp³-hybridized carbons (Fsp3) is 0.727.